The molecule has 0 spiro atoms. The predicted octanol–water partition coefficient (Wildman–Crippen LogP) is -0.672. The molecule has 1 N–H and O–H groups in total. The topological polar surface area (TPSA) is 12.0 Å². The fraction of sp³-hybridized carbons (Fsp3) is 0. The Morgan fingerprint density at radius 1 is 1.80 bits per heavy atom. The molecule has 0 fully saturated rings. The van der Waals surface area contributed by atoms with E-state index in [4.69, 9.17) is 0 Å². The Labute approximate surface area is 37.5 Å². The van der Waals surface area contributed by atoms with E-state index in [1.807, 2.05) is 6.08 Å². The molecule has 1 aliphatic heterocycles. The third kappa shape index (κ3) is 0.623. The molecule has 0 bridgehead atoms. The molecule has 0 unspecified atom stereocenters. The summed E-state index contributed by atoms with van der Waals surface area (Å²) in [5.74, 6) is 0. The van der Waals surface area contributed by atoms with Gasteiger partial charge in [0.2, 0.25) is 0 Å². The summed E-state index contributed by atoms with van der Waals surface area (Å²) < 4.78 is 2.95. The van der Waals surface area contributed by atoms with Gasteiger partial charge in [-0.15, -0.1) is 0 Å². The molecule has 1 aliphatic rings. The third-order valence-electron chi connectivity index (χ3n) is 0.362. The number of hydrogen-bond acceptors (Lipinski definition) is 1. The van der Waals surface area contributed by atoms with E-state index < -0.39 is 0 Å². The van der Waals surface area contributed by atoms with Gasteiger partial charge >= 0.3 is 36.9 Å². The summed E-state index contributed by atoms with van der Waals surface area (Å²) in [5, 5.41) is 0. The van der Waals surface area contributed by atoms with Crippen LogP contribution in [0.3, 0.4) is 0 Å². The Morgan fingerprint density at radius 2 is 2.80 bits per heavy atom. The van der Waals surface area contributed by atoms with Crippen LogP contribution in [0.25, 0.3) is 0 Å². The molecule has 1 nitrogen and oxygen atoms in total. The first-order valence-electron chi connectivity index (χ1n) is 1.35. The molecule has 0 atom stereocenters. The van der Waals surface area contributed by atoms with E-state index in [1.54, 1.807) is 0 Å². The summed E-state index contributed by atoms with van der Waals surface area (Å²) in [4.78, 5) is 2.11. The van der Waals surface area contributed by atoms with Gasteiger partial charge in [-0.1, -0.05) is 0 Å². The van der Waals surface area contributed by atoms with Crippen LogP contribution in [0.2, 0.25) is 0 Å². The third-order valence-corrected chi connectivity index (χ3v) is 1.53. The summed E-state index contributed by atoms with van der Waals surface area (Å²) in [6, 6.07) is 0. The van der Waals surface area contributed by atoms with Crippen molar-refractivity contribution >= 4 is 20.3 Å². The van der Waals surface area contributed by atoms with Crippen LogP contribution < -0.4 is 4.23 Å². The van der Waals surface area contributed by atoms with Crippen LogP contribution in [-0.2, 0) is 0 Å². The van der Waals surface area contributed by atoms with Crippen molar-refractivity contribution in [2.45, 2.75) is 0 Å². The van der Waals surface area contributed by atoms with Gasteiger partial charge in [0.1, 0.15) is 0 Å². The van der Waals surface area contributed by atoms with Gasteiger partial charge in [-0.05, 0) is 0 Å². The first kappa shape index (κ1) is 3.17. The van der Waals surface area contributed by atoms with E-state index in [1.165, 1.54) is 0 Å². The van der Waals surface area contributed by atoms with Crippen molar-refractivity contribution in [3.05, 3.63) is 12.3 Å². The molecule has 0 aromatic rings. The molecular weight excluding hydrogens is 125 g/mol. The summed E-state index contributed by atoms with van der Waals surface area (Å²) in [7, 11) is 0. The predicted molar refractivity (Wildman–Crippen MR) is 22.8 cm³/mol. The van der Waals surface area contributed by atoms with Crippen LogP contribution in [0.15, 0.2) is 6.08 Å². The standard InChI is InChI=1S/C3H3AsN/c1-2-4-5-3-1/h1-2,5H. The molecule has 1 rings (SSSR count). The number of rotatable bonds is 0. The number of nitrogens with one attached hydrogen (secondary N) is 1. The minimum atomic E-state index is 0.312. The molecule has 2 heteroatoms. The average molecular weight is 128 g/mol. The van der Waals surface area contributed by atoms with E-state index in [0.29, 0.717) is 15.5 Å². The summed E-state index contributed by atoms with van der Waals surface area (Å²) in [6.45, 7) is 0. The van der Waals surface area contributed by atoms with E-state index in [9.17, 15) is 0 Å². The molecule has 0 amide bonds. The zero-order valence-electron chi connectivity index (χ0n) is 2.60. The van der Waals surface area contributed by atoms with E-state index >= 15 is 0 Å². The molecule has 0 aromatic carbocycles. The van der Waals surface area contributed by atoms with Gasteiger partial charge in [-0.2, -0.15) is 0 Å². The van der Waals surface area contributed by atoms with Crippen molar-refractivity contribution in [1.29, 1.82) is 0 Å². The van der Waals surface area contributed by atoms with Gasteiger partial charge in [0.25, 0.3) is 0 Å². The first-order chi connectivity index (χ1) is 2.50. The molecule has 25 valence electrons. The van der Waals surface area contributed by atoms with Crippen LogP contribution in [0.5, 0.6) is 0 Å². The van der Waals surface area contributed by atoms with Crippen molar-refractivity contribution < 1.29 is 0 Å². The molecule has 1 radical (unpaired) electrons. The maximum absolute atomic E-state index is 2.95. The monoisotopic (exact) mass is 128 g/mol. The summed E-state index contributed by atoms with van der Waals surface area (Å²) in [5.41, 5.74) is 0. The van der Waals surface area contributed by atoms with Crippen LogP contribution in [-0.4, -0.2) is 20.3 Å². The fourth-order valence-corrected chi connectivity index (χ4v) is 0.968. The maximum atomic E-state index is 2.95. The van der Waals surface area contributed by atoms with Gasteiger partial charge in [-0.25, -0.2) is 0 Å². The average Bonchev–Trinajstić information content (AvgIpc) is 1.76. The van der Waals surface area contributed by atoms with Crippen molar-refractivity contribution in [1.82, 2.24) is 4.23 Å². The second-order valence-corrected chi connectivity index (χ2v) is 2.34. The fourth-order valence-electron chi connectivity index (χ4n) is 0.186. The first-order valence-corrected chi connectivity index (χ1v) is 3.38. The summed E-state index contributed by atoms with van der Waals surface area (Å²) >= 11 is 0.312. The van der Waals surface area contributed by atoms with Crippen molar-refractivity contribution in [2.75, 3.05) is 0 Å². The van der Waals surface area contributed by atoms with Gasteiger partial charge < -0.3 is 0 Å². The normalized spacial score (nSPS) is 19.2. The van der Waals surface area contributed by atoms with Crippen LogP contribution in [0.1, 0.15) is 0 Å². The zero-order chi connectivity index (χ0) is 3.54. The second kappa shape index (κ2) is 1.42. The SMILES string of the molecule is [C]1=CC=[As]N1. The Bertz CT molecular complexity index is 65.0. The summed E-state index contributed by atoms with van der Waals surface area (Å²) in [6.07, 6.45) is 4.75. The molecule has 0 saturated carbocycles. The zero-order valence-corrected chi connectivity index (χ0v) is 4.48. The molecule has 1 heterocycles. The van der Waals surface area contributed by atoms with Crippen molar-refractivity contribution in [3.63, 3.8) is 0 Å². The van der Waals surface area contributed by atoms with Crippen LogP contribution in [0.4, 0.5) is 0 Å². The van der Waals surface area contributed by atoms with Crippen molar-refractivity contribution in [2.24, 2.45) is 0 Å². The molecule has 0 saturated heterocycles. The van der Waals surface area contributed by atoms with E-state index in [-0.39, 0.29) is 0 Å². The second-order valence-electron chi connectivity index (χ2n) is 0.701. The number of hydrogen-bond donors (Lipinski definition) is 1. The van der Waals surface area contributed by atoms with Crippen molar-refractivity contribution in [3.8, 4) is 0 Å². The van der Waals surface area contributed by atoms with Gasteiger partial charge in [0.15, 0.2) is 0 Å². The molecular formula is C3H3AsN. The molecule has 5 heavy (non-hydrogen) atoms. The Kier molecular flexibility index (Phi) is 0.898. The Morgan fingerprint density at radius 3 is 3.00 bits per heavy atom. The van der Waals surface area contributed by atoms with Crippen LogP contribution in [0, 0.1) is 6.20 Å². The minimum absolute atomic E-state index is 0.312. The molecule has 0 aliphatic carbocycles. The molecule has 0 aromatic heterocycles. The van der Waals surface area contributed by atoms with Crippen LogP contribution >= 0.6 is 0 Å². The Balaban J connectivity index is 2.61. The van der Waals surface area contributed by atoms with Gasteiger partial charge in [0, 0.05) is 0 Å². The van der Waals surface area contributed by atoms with E-state index in [0.717, 1.165) is 0 Å². The van der Waals surface area contributed by atoms with E-state index in [2.05, 4.69) is 15.2 Å². The van der Waals surface area contributed by atoms with Gasteiger partial charge in [0.05, 0.1) is 0 Å². The number of allylic oxidation sites excluding steroid dienone is 1. The van der Waals surface area contributed by atoms with Gasteiger partial charge in [-0.3, -0.25) is 0 Å². The Hall–Kier alpha value is -0.0316. The quantitative estimate of drug-likeness (QED) is 0.426.